The lowest BCUT2D eigenvalue weighted by Crippen LogP contribution is -2.33. The van der Waals surface area contributed by atoms with E-state index in [1.54, 1.807) is 11.0 Å². The Morgan fingerprint density at radius 1 is 1.12 bits per heavy atom. The lowest BCUT2D eigenvalue weighted by Gasteiger charge is -2.27. The van der Waals surface area contributed by atoms with Gasteiger partial charge in [-0.1, -0.05) is 49.7 Å². The highest BCUT2D eigenvalue weighted by atomic mass is 16.3. The first-order chi connectivity index (χ1) is 16.2. The molecule has 1 amide bonds. The zero-order valence-corrected chi connectivity index (χ0v) is 20.5. The number of carbonyl (C=O) groups is 2. The fraction of sp³-hybridized carbons (Fsp3) is 0.357. The van der Waals surface area contributed by atoms with E-state index < -0.39 is 23.5 Å². The lowest BCUT2D eigenvalue weighted by atomic mass is 9.93. The van der Waals surface area contributed by atoms with Crippen LogP contribution in [0.15, 0.2) is 64.3 Å². The van der Waals surface area contributed by atoms with E-state index >= 15 is 0 Å². The molecule has 1 unspecified atom stereocenters. The van der Waals surface area contributed by atoms with Crippen molar-refractivity contribution >= 4 is 22.7 Å². The number of aryl methyl sites for hydroxylation is 1. The van der Waals surface area contributed by atoms with Gasteiger partial charge in [0, 0.05) is 11.9 Å². The number of rotatable bonds is 8. The van der Waals surface area contributed by atoms with Crippen LogP contribution in [-0.2, 0) is 4.79 Å². The molecule has 6 heteroatoms. The number of aliphatic hydroxyl groups excluding tert-OH is 1. The van der Waals surface area contributed by atoms with Crippen molar-refractivity contribution in [1.82, 2.24) is 9.80 Å². The standard InChI is InChI=1S/C28H32N2O4/c1-17(2)19-8-10-20(11-9-19)25-24(27(32)28(33)30(25)14-6-13-29(4)5)26(31)23-16-21-15-18(3)7-12-22(21)34-23/h7-12,15-17,25,32H,6,13-14H2,1-5H3. The molecule has 4 rings (SSSR count). The van der Waals surface area contributed by atoms with Crippen molar-refractivity contribution in [3.05, 3.63) is 82.3 Å². The Balaban J connectivity index is 1.75. The first kappa shape index (κ1) is 23.8. The molecule has 0 aliphatic carbocycles. The zero-order valence-electron chi connectivity index (χ0n) is 20.5. The number of hydrogen-bond donors (Lipinski definition) is 1. The fourth-order valence-electron chi connectivity index (χ4n) is 4.49. The van der Waals surface area contributed by atoms with Crippen molar-refractivity contribution in [2.45, 2.75) is 39.2 Å². The molecule has 1 aliphatic rings. The molecule has 34 heavy (non-hydrogen) atoms. The number of ketones is 1. The van der Waals surface area contributed by atoms with Gasteiger partial charge in [0.05, 0.1) is 11.6 Å². The topological polar surface area (TPSA) is 74.0 Å². The van der Waals surface area contributed by atoms with Gasteiger partial charge in [0.25, 0.3) is 5.91 Å². The molecule has 0 spiro atoms. The van der Waals surface area contributed by atoms with Crippen molar-refractivity contribution in [1.29, 1.82) is 0 Å². The van der Waals surface area contributed by atoms with Crippen LogP contribution < -0.4 is 0 Å². The molecule has 0 saturated carbocycles. The monoisotopic (exact) mass is 460 g/mol. The SMILES string of the molecule is Cc1ccc2oc(C(=O)C3=C(O)C(=O)N(CCCN(C)C)C3c3ccc(C(C)C)cc3)cc2c1. The third-order valence-corrected chi connectivity index (χ3v) is 6.37. The van der Waals surface area contributed by atoms with Crippen molar-refractivity contribution < 1.29 is 19.1 Å². The van der Waals surface area contributed by atoms with E-state index in [9.17, 15) is 14.7 Å². The predicted octanol–water partition coefficient (Wildman–Crippen LogP) is 5.39. The molecule has 2 aromatic carbocycles. The van der Waals surface area contributed by atoms with E-state index in [-0.39, 0.29) is 11.3 Å². The van der Waals surface area contributed by atoms with Gasteiger partial charge >= 0.3 is 0 Å². The Labute approximate surface area is 200 Å². The van der Waals surface area contributed by atoms with Crippen LogP contribution >= 0.6 is 0 Å². The number of fused-ring (bicyclic) bond motifs is 1. The number of benzene rings is 2. The molecule has 1 aromatic heterocycles. The second-order valence-electron chi connectivity index (χ2n) is 9.62. The summed E-state index contributed by atoms with van der Waals surface area (Å²) in [4.78, 5) is 30.4. The van der Waals surface area contributed by atoms with E-state index in [2.05, 4.69) is 13.8 Å². The second-order valence-corrected chi connectivity index (χ2v) is 9.62. The Kier molecular flexibility index (Phi) is 6.62. The summed E-state index contributed by atoms with van der Waals surface area (Å²) in [5, 5.41) is 11.7. The van der Waals surface area contributed by atoms with Crippen LogP contribution in [0.25, 0.3) is 11.0 Å². The van der Waals surface area contributed by atoms with Crippen molar-refractivity contribution in [3.8, 4) is 0 Å². The summed E-state index contributed by atoms with van der Waals surface area (Å²) in [6.45, 7) is 7.42. The minimum atomic E-state index is -0.668. The number of furan rings is 1. The molecule has 1 aliphatic heterocycles. The Morgan fingerprint density at radius 2 is 1.82 bits per heavy atom. The number of Topliss-reactive ketones (excluding diaryl/α,β-unsaturated/α-hetero) is 1. The highest BCUT2D eigenvalue weighted by Gasteiger charge is 2.44. The maximum absolute atomic E-state index is 13.6. The van der Waals surface area contributed by atoms with Crippen LogP contribution in [0, 0.1) is 6.92 Å². The van der Waals surface area contributed by atoms with Gasteiger partial charge in [0.15, 0.2) is 11.5 Å². The Bertz CT molecular complexity index is 1250. The summed E-state index contributed by atoms with van der Waals surface area (Å²) in [6, 6.07) is 14.6. The average Bonchev–Trinajstić information content (AvgIpc) is 3.32. The normalized spacial score (nSPS) is 16.5. The number of nitrogens with zero attached hydrogens (tertiary/aromatic N) is 2. The van der Waals surface area contributed by atoms with Gasteiger partial charge in [-0.15, -0.1) is 0 Å². The third kappa shape index (κ3) is 4.50. The smallest absolute Gasteiger partial charge is 0.290 e. The third-order valence-electron chi connectivity index (χ3n) is 6.37. The van der Waals surface area contributed by atoms with Gasteiger partial charge in [-0.2, -0.15) is 0 Å². The number of carbonyl (C=O) groups excluding carboxylic acids is 2. The molecule has 6 nitrogen and oxygen atoms in total. The molecule has 178 valence electrons. The van der Waals surface area contributed by atoms with Crippen LogP contribution in [0.1, 0.15) is 59.5 Å². The first-order valence-corrected chi connectivity index (χ1v) is 11.7. The summed E-state index contributed by atoms with van der Waals surface area (Å²) >= 11 is 0. The molecule has 3 aromatic rings. The van der Waals surface area contributed by atoms with Crippen molar-refractivity contribution in [2.24, 2.45) is 0 Å². The molecule has 2 heterocycles. The molecule has 1 atom stereocenters. The van der Waals surface area contributed by atoms with Crippen LogP contribution in [0.4, 0.5) is 0 Å². The minimum absolute atomic E-state index is 0.0722. The molecule has 0 radical (unpaired) electrons. The molecule has 0 fully saturated rings. The number of aliphatic hydroxyl groups is 1. The van der Waals surface area contributed by atoms with Gasteiger partial charge in [-0.05, 0) is 69.2 Å². The van der Waals surface area contributed by atoms with Gasteiger partial charge in [-0.3, -0.25) is 9.59 Å². The zero-order chi connectivity index (χ0) is 24.6. The number of amides is 1. The van der Waals surface area contributed by atoms with Gasteiger partial charge in [-0.25, -0.2) is 0 Å². The minimum Gasteiger partial charge on any atom is -0.503 e. The summed E-state index contributed by atoms with van der Waals surface area (Å²) in [5.41, 5.74) is 3.69. The summed E-state index contributed by atoms with van der Waals surface area (Å²) in [7, 11) is 3.95. The number of hydrogen-bond acceptors (Lipinski definition) is 5. The maximum atomic E-state index is 13.6. The van der Waals surface area contributed by atoms with E-state index in [4.69, 9.17) is 4.42 Å². The Hall–Kier alpha value is -3.38. The molecular formula is C28H32N2O4. The van der Waals surface area contributed by atoms with E-state index in [0.717, 1.165) is 29.5 Å². The second kappa shape index (κ2) is 9.47. The summed E-state index contributed by atoms with van der Waals surface area (Å²) < 4.78 is 5.83. The van der Waals surface area contributed by atoms with Gasteiger partial charge in [0.1, 0.15) is 5.58 Å². The molecule has 0 saturated heterocycles. The van der Waals surface area contributed by atoms with Crippen molar-refractivity contribution in [2.75, 3.05) is 27.2 Å². The van der Waals surface area contributed by atoms with Gasteiger partial charge in [0.2, 0.25) is 5.78 Å². The predicted molar refractivity (Wildman–Crippen MR) is 133 cm³/mol. The van der Waals surface area contributed by atoms with Crippen LogP contribution in [0.3, 0.4) is 0 Å². The quantitative estimate of drug-likeness (QED) is 0.456. The molecular weight excluding hydrogens is 428 g/mol. The van der Waals surface area contributed by atoms with E-state index in [1.807, 2.05) is 68.4 Å². The highest BCUT2D eigenvalue weighted by molar-refractivity contribution is 6.16. The first-order valence-electron chi connectivity index (χ1n) is 11.7. The van der Waals surface area contributed by atoms with Crippen LogP contribution in [0.5, 0.6) is 0 Å². The summed E-state index contributed by atoms with van der Waals surface area (Å²) in [5.74, 6) is -1.00. The van der Waals surface area contributed by atoms with Crippen molar-refractivity contribution in [3.63, 3.8) is 0 Å². The van der Waals surface area contributed by atoms with E-state index in [0.29, 0.717) is 18.0 Å². The molecule has 0 bridgehead atoms. The highest BCUT2D eigenvalue weighted by Crippen LogP contribution is 2.40. The fourth-order valence-corrected chi connectivity index (χ4v) is 4.49. The summed E-state index contributed by atoms with van der Waals surface area (Å²) in [6.07, 6.45) is 0.720. The maximum Gasteiger partial charge on any atom is 0.290 e. The van der Waals surface area contributed by atoms with Crippen LogP contribution in [0.2, 0.25) is 0 Å². The van der Waals surface area contributed by atoms with Gasteiger partial charge < -0.3 is 19.3 Å². The molecule has 1 N–H and O–H groups in total. The largest absolute Gasteiger partial charge is 0.503 e. The van der Waals surface area contributed by atoms with Crippen LogP contribution in [-0.4, -0.2) is 53.8 Å². The average molecular weight is 461 g/mol. The Morgan fingerprint density at radius 3 is 2.47 bits per heavy atom. The lowest BCUT2D eigenvalue weighted by molar-refractivity contribution is -0.129. The van der Waals surface area contributed by atoms with E-state index in [1.165, 1.54) is 5.56 Å².